The van der Waals surface area contributed by atoms with E-state index in [0.717, 1.165) is 49.5 Å². The third kappa shape index (κ3) is 3.95. The Morgan fingerprint density at radius 2 is 2.15 bits per heavy atom. The van der Waals surface area contributed by atoms with Gasteiger partial charge in [-0.05, 0) is 24.7 Å². The maximum absolute atomic E-state index is 4.59. The topological polar surface area (TPSA) is 40.5 Å². The summed E-state index contributed by atoms with van der Waals surface area (Å²) in [5, 5.41) is 6.80. The third-order valence-electron chi connectivity index (χ3n) is 3.71. The van der Waals surface area contributed by atoms with Crippen LogP contribution < -0.4 is 5.32 Å². The van der Waals surface area contributed by atoms with Crippen LogP contribution in [0.1, 0.15) is 37.9 Å². The average molecular weight is 294 g/mol. The summed E-state index contributed by atoms with van der Waals surface area (Å²) in [4.78, 5) is 11.4. The zero-order valence-corrected chi connectivity index (χ0v) is 13.8. The molecule has 20 heavy (non-hydrogen) atoms. The Labute approximate surface area is 126 Å². The van der Waals surface area contributed by atoms with Crippen LogP contribution in [0.25, 0.3) is 0 Å². The SMILES string of the molecule is CCc1nc(CNC(=NC)N2CC(C)CC(C)C2)cs1. The Hall–Kier alpha value is -1.10. The van der Waals surface area contributed by atoms with Crippen LogP contribution in [-0.2, 0) is 13.0 Å². The van der Waals surface area contributed by atoms with Gasteiger partial charge in [0.1, 0.15) is 0 Å². The van der Waals surface area contributed by atoms with Crippen LogP contribution in [-0.4, -0.2) is 36.0 Å². The summed E-state index contributed by atoms with van der Waals surface area (Å²) in [7, 11) is 1.87. The number of aromatic nitrogens is 1. The fourth-order valence-corrected chi connectivity index (χ4v) is 3.68. The average Bonchev–Trinajstić information content (AvgIpc) is 2.86. The standard InChI is InChI=1S/C15H26N4S/c1-5-14-18-13(10-20-14)7-17-15(16-4)19-8-11(2)6-12(3)9-19/h10-12H,5-9H2,1-4H3,(H,16,17). The number of guanidine groups is 1. The van der Waals surface area contributed by atoms with Gasteiger partial charge in [-0.2, -0.15) is 0 Å². The van der Waals surface area contributed by atoms with Crippen molar-refractivity contribution in [2.45, 2.75) is 40.2 Å². The zero-order valence-electron chi connectivity index (χ0n) is 13.0. The Balaban J connectivity index is 1.92. The molecule has 2 heterocycles. The maximum atomic E-state index is 4.59. The molecule has 112 valence electrons. The number of thiazole rings is 1. The highest BCUT2D eigenvalue weighted by molar-refractivity contribution is 7.09. The van der Waals surface area contributed by atoms with E-state index in [1.807, 2.05) is 7.05 Å². The number of aliphatic imine (C=N–C) groups is 1. The summed E-state index contributed by atoms with van der Waals surface area (Å²) in [6, 6.07) is 0. The van der Waals surface area contributed by atoms with E-state index in [9.17, 15) is 0 Å². The van der Waals surface area contributed by atoms with Crippen molar-refractivity contribution in [2.24, 2.45) is 16.8 Å². The lowest BCUT2D eigenvalue weighted by molar-refractivity contribution is 0.208. The molecule has 2 atom stereocenters. The molecule has 1 fully saturated rings. The van der Waals surface area contributed by atoms with Gasteiger partial charge in [0, 0.05) is 25.5 Å². The molecule has 0 saturated carbocycles. The lowest BCUT2D eigenvalue weighted by Crippen LogP contribution is -2.48. The van der Waals surface area contributed by atoms with Crippen LogP contribution in [0.3, 0.4) is 0 Å². The smallest absolute Gasteiger partial charge is 0.193 e. The number of piperidine rings is 1. The Morgan fingerprint density at radius 1 is 1.45 bits per heavy atom. The van der Waals surface area contributed by atoms with Gasteiger partial charge in [0.25, 0.3) is 0 Å². The van der Waals surface area contributed by atoms with Gasteiger partial charge in [-0.15, -0.1) is 11.3 Å². The number of hydrogen-bond donors (Lipinski definition) is 1. The summed E-state index contributed by atoms with van der Waals surface area (Å²) in [5.41, 5.74) is 1.12. The molecule has 0 bridgehead atoms. The number of nitrogens with zero attached hydrogens (tertiary/aromatic N) is 3. The molecule has 1 aromatic rings. The largest absolute Gasteiger partial charge is 0.351 e. The van der Waals surface area contributed by atoms with Gasteiger partial charge in [0.2, 0.25) is 0 Å². The van der Waals surface area contributed by atoms with Gasteiger partial charge in [0.15, 0.2) is 5.96 Å². The summed E-state index contributed by atoms with van der Waals surface area (Å²) >= 11 is 1.74. The van der Waals surface area contributed by atoms with Gasteiger partial charge < -0.3 is 10.2 Å². The highest BCUT2D eigenvalue weighted by Crippen LogP contribution is 2.21. The number of likely N-dealkylation sites (tertiary alicyclic amines) is 1. The van der Waals surface area contributed by atoms with Crippen molar-refractivity contribution in [3.63, 3.8) is 0 Å². The highest BCUT2D eigenvalue weighted by atomic mass is 32.1. The molecule has 1 aliphatic heterocycles. The first-order valence-electron chi connectivity index (χ1n) is 7.51. The van der Waals surface area contributed by atoms with E-state index in [1.54, 1.807) is 11.3 Å². The van der Waals surface area contributed by atoms with Gasteiger partial charge in [-0.1, -0.05) is 20.8 Å². The van der Waals surface area contributed by atoms with Crippen molar-refractivity contribution >= 4 is 17.3 Å². The molecule has 4 nitrogen and oxygen atoms in total. The summed E-state index contributed by atoms with van der Waals surface area (Å²) in [6.07, 6.45) is 2.33. The second-order valence-corrected chi connectivity index (χ2v) is 6.78. The van der Waals surface area contributed by atoms with E-state index in [1.165, 1.54) is 11.4 Å². The monoisotopic (exact) mass is 294 g/mol. The number of nitrogens with one attached hydrogen (secondary N) is 1. The maximum Gasteiger partial charge on any atom is 0.193 e. The van der Waals surface area contributed by atoms with Crippen LogP contribution >= 0.6 is 11.3 Å². The van der Waals surface area contributed by atoms with Crippen molar-refractivity contribution < 1.29 is 0 Å². The lowest BCUT2D eigenvalue weighted by Gasteiger charge is -2.37. The van der Waals surface area contributed by atoms with E-state index < -0.39 is 0 Å². The van der Waals surface area contributed by atoms with Crippen LogP contribution in [0.5, 0.6) is 0 Å². The molecular weight excluding hydrogens is 268 g/mol. The molecule has 2 rings (SSSR count). The van der Waals surface area contributed by atoms with Crippen LogP contribution in [0.2, 0.25) is 0 Å². The zero-order chi connectivity index (χ0) is 14.5. The van der Waals surface area contributed by atoms with Crippen molar-refractivity contribution in [2.75, 3.05) is 20.1 Å². The van der Waals surface area contributed by atoms with E-state index in [-0.39, 0.29) is 0 Å². The molecule has 0 aliphatic carbocycles. The molecule has 1 N–H and O–H groups in total. The van der Waals surface area contributed by atoms with Crippen molar-refractivity contribution in [1.82, 2.24) is 15.2 Å². The predicted molar refractivity (Wildman–Crippen MR) is 86.2 cm³/mol. The second-order valence-electron chi connectivity index (χ2n) is 5.84. The van der Waals surface area contributed by atoms with E-state index in [2.05, 4.69) is 46.3 Å². The Kier molecular flexibility index (Phi) is 5.40. The van der Waals surface area contributed by atoms with Crippen LogP contribution in [0.4, 0.5) is 0 Å². The molecule has 5 heteroatoms. The third-order valence-corrected chi connectivity index (χ3v) is 4.75. The molecule has 1 saturated heterocycles. The van der Waals surface area contributed by atoms with Gasteiger partial charge >= 0.3 is 0 Å². The quantitative estimate of drug-likeness (QED) is 0.688. The molecule has 0 amide bonds. The molecule has 0 aromatic carbocycles. The van der Waals surface area contributed by atoms with E-state index in [0.29, 0.717) is 0 Å². The number of aryl methyl sites for hydroxylation is 1. The van der Waals surface area contributed by atoms with Gasteiger partial charge in [0.05, 0.1) is 17.2 Å². The normalized spacial score (nSPS) is 24.0. The fraction of sp³-hybridized carbons (Fsp3) is 0.733. The number of rotatable bonds is 3. The van der Waals surface area contributed by atoms with E-state index in [4.69, 9.17) is 0 Å². The second kappa shape index (κ2) is 7.07. The minimum atomic E-state index is 0.739. The molecule has 1 aliphatic rings. The van der Waals surface area contributed by atoms with Crippen molar-refractivity contribution in [3.8, 4) is 0 Å². The lowest BCUT2D eigenvalue weighted by atomic mass is 9.92. The minimum absolute atomic E-state index is 0.739. The van der Waals surface area contributed by atoms with Crippen LogP contribution in [0, 0.1) is 11.8 Å². The first-order valence-corrected chi connectivity index (χ1v) is 8.39. The van der Waals surface area contributed by atoms with E-state index >= 15 is 0 Å². The van der Waals surface area contributed by atoms with Gasteiger partial charge in [-0.3, -0.25) is 4.99 Å². The first-order chi connectivity index (χ1) is 9.62. The summed E-state index contributed by atoms with van der Waals surface area (Å²) in [5.74, 6) is 2.49. The summed E-state index contributed by atoms with van der Waals surface area (Å²) in [6.45, 7) is 9.75. The van der Waals surface area contributed by atoms with Crippen LogP contribution in [0.15, 0.2) is 10.4 Å². The first kappa shape index (κ1) is 15.3. The molecule has 2 unspecified atom stereocenters. The fourth-order valence-electron chi connectivity index (χ4n) is 2.93. The molecule has 0 radical (unpaired) electrons. The highest BCUT2D eigenvalue weighted by Gasteiger charge is 2.23. The van der Waals surface area contributed by atoms with Crippen molar-refractivity contribution in [1.29, 1.82) is 0 Å². The Bertz CT molecular complexity index is 444. The molecule has 1 aromatic heterocycles. The van der Waals surface area contributed by atoms with Gasteiger partial charge in [-0.25, -0.2) is 4.98 Å². The predicted octanol–water partition coefficient (Wildman–Crippen LogP) is 2.76. The Morgan fingerprint density at radius 3 is 2.70 bits per heavy atom. The molecule has 0 spiro atoms. The number of hydrogen-bond acceptors (Lipinski definition) is 3. The minimum Gasteiger partial charge on any atom is -0.351 e. The van der Waals surface area contributed by atoms with Crippen molar-refractivity contribution in [3.05, 3.63) is 16.1 Å². The molecular formula is C15H26N4S. The summed E-state index contributed by atoms with van der Waals surface area (Å²) < 4.78 is 0.